The van der Waals surface area contributed by atoms with E-state index in [1.165, 1.54) is 0 Å². The van der Waals surface area contributed by atoms with Gasteiger partial charge in [-0.05, 0) is 24.0 Å². The number of hydrogen-bond donors (Lipinski definition) is 2. The maximum absolute atomic E-state index is 11.7. The summed E-state index contributed by atoms with van der Waals surface area (Å²) in [4.78, 5) is 11.7. The second-order valence-corrected chi connectivity index (χ2v) is 5.53. The van der Waals surface area contributed by atoms with Crippen LogP contribution >= 0.6 is 0 Å². The predicted octanol–water partition coefficient (Wildman–Crippen LogP) is 2.57. The maximum Gasteiger partial charge on any atom is 0.238 e. The fraction of sp³-hybridized carbons (Fsp3) is 0.500. The minimum absolute atomic E-state index is 0.00329. The van der Waals surface area contributed by atoms with Crippen LogP contribution in [0.25, 0.3) is 0 Å². The van der Waals surface area contributed by atoms with Gasteiger partial charge in [-0.15, -0.1) is 0 Å². The van der Waals surface area contributed by atoms with Gasteiger partial charge < -0.3 is 10.6 Å². The highest BCUT2D eigenvalue weighted by Gasteiger charge is 2.10. The van der Waals surface area contributed by atoms with Crippen LogP contribution < -0.4 is 10.6 Å². The van der Waals surface area contributed by atoms with E-state index in [4.69, 9.17) is 0 Å². The minimum Gasteiger partial charge on any atom is -0.325 e. The number of para-hydroxylation sites is 1. The van der Waals surface area contributed by atoms with E-state index in [2.05, 4.69) is 31.4 Å². The molecule has 17 heavy (non-hydrogen) atoms. The van der Waals surface area contributed by atoms with E-state index in [0.29, 0.717) is 6.54 Å². The van der Waals surface area contributed by atoms with Gasteiger partial charge in [0.15, 0.2) is 0 Å². The van der Waals surface area contributed by atoms with Crippen molar-refractivity contribution < 1.29 is 4.79 Å². The van der Waals surface area contributed by atoms with Gasteiger partial charge in [-0.2, -0.15) is 0 Å². The number of anilines is 1. The first-order chi connectivity index (χ1) is 7.88. The van der Waals surface area contributed by atoms with E-state index in [0.717, 1.165) is 17.8 Å². The number of benzene rings is 1. The first-order valence-corrected chi connectivity index (χ1v) is 5.95. The molecule has 1 rings (SSSR count). The number of carbonyl (C=O) groups is 1. The summed E-state index contributed by atoms with van der Waals surface area (Å²) in [6.45, 7) is 9.58. The summed E-state index contributed by atoms with van der Waals surface area (Å²) in [5.74, 6) is 0.00329. The van der Waals surface area contributed by atoms with Gasteiger partial charge in [-0.1, -0.05) is 39.0 Å². The zero-order valence-electron chi connectivity index (χ0n) is 11.1. The molecule has 0 radical (unpaired) electrons. The van der Waals surface area contributed by atoms with Crippen LogP contribution in [0.15, 0.2) is 24.3 Å². The summed E-state index contributed by atoms with van der Waals surface area (Å²) in [7, 11) is 0. The molecule has 0 saturated heterocycles. The summed E-state index contributed by atoms with van der Waals surface area (Å²) in [5, 5.41) is 6.05. The number of hydrogen-bond acceptors (Lipinski definition) is 2. The summed E-state index contributed by atoms with van der Waals surface area (Å²) in [6.07, 6.45) is 0. The van der Waals surface area contributed by atoms with E-state index in [-0.39, 0.29) is 11.3 Å². The second-order valence-electron chi connectivity index (χ2n) is 5.53. The molecule has 1 amide bonds. The smallest absolute Gasteiger partial charge is 0.238 e. The molecular weight excluding hydrogens is 212 g/mol. The standard InChI is InChI=1S/C14H22N2O/c1-11-7-5-6-8-12(11)16-13(17)9-15-10-14(2,3)4/h5-8,15H,9-10H2,1-4H3,(H,16,17). The Bertz CT molecular complexity index is 380. The molecule has 0 aliphatic heterocycles. The maximum atomic E-state index is 11.7. The predicted molar refractivity (Wildman–Crippen MR) is 72.1 cm³/mol. The van der Waals surface area contributed by atoms with E-state index < -0.39 is 0 Å². The monoisotopic (exact) mass is 234 g/mol. The Labute approximate surface area is 104 Å². The van der Waals surface area contributed by atoms with Crippen LogP contribution in [0.3, 0.4) is 0 Å². The first kappa shape index (κ1) is 13.7. The van der Waals surface area contributed by atoms with Crippen LogP contribution in [0.1, 0.15) is 26.3 Å². The van der Waals surface area contributed by atoms with E-state index in [1.807, 2.05) is 31.2 Å². The van der Waals surface area contributed by atoms with Crippen LogP contribution in [0.2, 0.25) is 0 Å². The molecule has 0 aliphatic carbocycles. The molecule has 2 N–H and O–H groups in total. The molecular formula is C14H22N2O. The zero-order valence-corrected chi connectivity index (χ0v) is 11.1. The Hall–Kier alpha value is -1.35. The number of rotatable bonds is 4. The number of nitrogens with one attached hydrogen (secondary N) is 2. The third-order valence-electron chi connectivity index (χ3n) is 2.36. The molecule has 3 nitrogen and oxygen atoms in total. The second kappa shape index (κ2) is 5.82. The van der Waals surface area contributed by atoms with E-state index in [1.54, 1.807) is 0 Å². The van der Waals surface area contributed by atoms with Gasteiger partial charge in [0, 0.05) is 12.2 Å². The van der Waals surface area contributed by atoms with Crippen LogP contribution in [-0.4, -0.2) is 19.0 Å². The summed E-state index contributed by atoms with van der Waals surface area (Å²) < 4.78 is 0. The lowest BCUT2D eigenvalue weighted by molar-refractivity contribution is -0.115. The molecule has 0 saturated carbocycles. The Balaban J connectivity index is 2.38. The quantitative estimate of drug-likeness (QED) is 0.840. The molecule has 3 heteroatoms. The van der Waals surface area contributed by atoms with Gasteiger partial charge in [-0.25, -0.2) is 0 Å². The van der Waals surface area contributed by atoms with Crippen molar-refractivity contribution in [3.05, 3.63) is 29.8 Å². The first-order valence-electron chi connectivity index (χ1n) is 5.95. The number of amides is 1. The highest BCUT2D eigenvalue weighted by molar-refractivity contribution is 5.92. The number of aryl methyl sites for hydroxylation is 1. The summed E-state index contributed by atoms with van der Waals surface area (Å²) in [5.41, 5.74) is 2.16. The number of carbonyl (C=O) groups excluding carboxylic acids is 1. The van der Waals surface area contributed by atoms with Gasteiger partial charge in [0.25, 0.3) is 0 Å². The highest BCUT2D eigenvalue weighted by Crippen LogP contribution is 2.13. The average molecular weight is 234 g/mol. The Morgan fingerprint density at radius 1 is 1.24 bits per heavy atom. The molecule has 0 atom stereocenters. The van der Waals surface area contributed by atoms with Crippen molar-refractivity contribution in [2.45, 2.75) is 27.7 Å². The van der Waals surface area contributed by atoms with Crippen molar-refractivity contribution in [3.8, 4) is 0 Å². The van der Waals surface area contributed by atoms with Crippen LogP contribution in [-0.2, 0) is 4.79 Å². The van der Waals surface area contributed by atoms with Gasteiger partial charge in [0.1, 0.15) is 0 Å². The normalized spacial score (nSPS) is 11.3. The van der Waals surface area contributed by atoms with Crippen LogP contribution in [0, 0.1) is 12.3 Å². The van der Waals surface area contributed by atoms with Crippen molar-refractivity contribution in [1.82, 2.24) is 5.32 Å². The lowest BCUT2D eigenvalue weighted by Gasteiger charge is -2.18. The SMILES string of the molecule is Cc1ccccc1NC(=O)CNCC(C)(C)C. The van der Waals surface area contributed by atoms with Gasteiger partial charge in [-0.3, -0.25) is 4.79 Å². The lowest BCUT2D eigenvalue weighted by Crippen LogP contribution is -2.34. The van der Waals surface area contributed by atoms with Crippen molar-refractivity contribution in [1.29, 1.82) is 0 Å². The molecule has 0 aliphatic rings. The third kappa shape index (κ3) is 5.50. The Kier molecular flexibility index (Phi) is 4.70. The molecule has 0 bridgehead atoms. The van der Waals surface area contributed by atoms with Crippen molar-refractivity contribution in [3.63, 3.8) is 0 Å². The lowest BCUT2D eigenvalue weighted by atomic mass is 9.97. The molecule has 0 heterocycles. The summed E-state index contributed by atoms with van der Waals surface area (Å²) >= 11 is 0. The van der Waals surface area contributed by atoms with Crippen molar-refractivity contribution in [2.75, 3.05) is 18.4 Å². The fourth-order valence-electron chi connectivity index (χ4n) is 1.46. The molecule has 0 unspecified atom stereocenters. The summed E-state index contributed by atoms with van der Waals surface area (Å²) in [6, 6.07) is 7.78. The largest absolute Gasteiger partial charge is 0.325 e. The third-order valence-corrected chi connectivity index (χ3v) is 2.36. The highest BCUT2D eigenvalue weighted by atomic mass is 16.1. The van der Waals surface area contributed by atoms with Gasteiger partial charge in [0.2, 0.25) is 5.91 Å². The Morgan fingerprint density at radius 2 is 1.88 bits per heavy atom. The van der Waals surface area contributed by atoms with E-state index >= 15 is 0 Å². The van der Waals surface area contributed by atoms with Gasteiger partial charge >= 0.3 is 0 Å². The molecule has 94 valence electrons. The van der Waals surface area contributed by atoms with Crippen LogP contribution in [0.4, 0.5) is 5.69 Å². The molecule has 0 spiro atoms. The van der Waals surface area contributed by atoms with Crippen LogP contribution in [0.5, 0.6) is 0 Å². The van der Waals surface area contributed by atoms with Crippen molar-refractivity contribution in [2.24, 2.45) is 5.41 Å². The Morgan fingerprint density at radius 3 is 2.47 bits per heavy atom. The minimum atomic E-state index is 0.00329. The zero-order chi connectivity index (χ0) is 12.9. The van der Waals surface area contributed by atoms with E-state index in [9.17, 15) is 4.79 Å². The fourth-order valence-corrected chi connectivity index (χ4v) is 1.46. The topological polar surface area (TPSA) is 41.1 Å². The van der Waals surface area contributed by atoms with Crippen molar-refractivity contribution >= 4 is 11.6 Å². The molecule has 0 aromatic heterocycles. The average Bonchev–Trinajstić information content (AvgIpc) is 2.19. The molecule has 1 aromatic carbocycles. The molecule has 1 aromatic rings. The molecule has 0 fully saturated rings. The van der Waals surface area contributed by atoms with Gasteiger partial charge in [0.05, 0.1) is 6.54 Å².